The SMILES string of the molecule is Cc1[nH]c(=O)n(-c2ccc(Oc3ccccc3)cc2)c(=O)c1CC(=O)O. The van der Waals surface area contributed by atoms with Crippen molar-refractivity contribution in [1.29, 1.82) is 0 Å². The molecule has 0 unspecified atom stereocenters. The van der Waals surface area contributed by atoms with Crippen molar-refractivity contribution in [2.24, 2.45) is 0 Å². The van der Waals surface area contributed by atoms with Gasteiger partial charge in [-0.1, -0.05) is 18.2 Å². The molecule has 0 aliphatic carbocycles. The van der Waals surface area contributed by atoms with Crippen LogP contribution in [0.15, 0.2) is 64.2 Å². The fourth-order valence-electron chi connectivity index (χ4n) is 2.56. The molecule has 0 amide bonds. The second kappa shape index (κ2) is 7.10. The van der Waals surface area contributed by atoms with Crippen LogP contribution in [0.25, 0.3) is 5.69 Å². The van der Waals surface area contributed by atoms with Gasteiger partial charge in [0.2, 0.25) is 0 Å². The van der Waals surface area contributed by atoms with Crippen LogP contribution in [-0.4, -0.2) is 20.6 Å². The second-order valence-corrected chi connectivity index (χ2v) is 5.65. The van der Waals surface area contributed by atoms with Crippen molar-refractivity contribution in [3.63, 3.8) is 0 Å². The Morgan fingerprint density at radius 3 is 2.27 bits per heavy atom. The van der Waals surface area contributed by atoms with Gasteiger partial charge in [0.1, 0.15) is 11.5 Å². The van der Waals surface area contributed by atoms with Crippen molar-refractivity contribution in [3.05, 3.63) is 86.7 Å². The van der Waals surface area contributed by atoms with Gasteiger partial charge in [-0.05, 0) is 43.3 Å². The molecule has 7 nitrogen and oxygen atoms in total. The molecule has 2 aromatic carbocycles. The number of carbonyl (C=O) groups is 1. The van der Waals surface area contributed by atoms with Gasteiger partial charge in [0.25, 0.3) is 5.56 Å². The lowest BCUT2D eigenvalue weighted by Crippen LogP contribution is -2.37. The number of hydrogen-bond donors (Lipinski definition) is 2. The van der Waals surface area contributed by atoms with Crippen LogP contribution in [0, 0.1) is 6.92 Å². The third-order valence-corrected chi connectivity index (χ3v) is 3.81. The highest BCUT2D eigenvalue weighted by Gasteiger charge is 2.15. The normalized spacial score (nSPS) is 10.5. The minimum Gasteiger partial charge on any atom is -0.481 e. The molecule has 0 atom stereocenters. The van der Waals surface area contributed by atoms with E-state index < -0.39 is 23.6 Å². The molecule has 0 radical (unpaired) electrons. The number of benzene rings is 2. The molecule has 2 N–H and O–H groups in total. The van der Waals surface area contributed by atoms with Crippen molar-refractivity contribution in [3.8, 4) is 17.2 Å². The Kier molecular flexibility index (Phi) is 4.70. The number of aromatic nitrogens is 2. The van der Waals surface area contributed by atoms with Gasteiger partial charge in [-0.25, -0.2) is 9.36 Å². The van der Waals surface area contributed by atoms with E-state index in [-0.39, 0.29) is 11.3 Å². The number of carboxylic acids is 1. The van der Waals surface area contributed by atoms with Crippen LogP contribution in [0.2, 0.25) is 0 Å². The molecule has 132 valence electrons. The van der Waals surface area contributed by atoms with E-state index in [0.29, 0.717) is 17.2 Å². The third-order valence-electron chi connectivity index (χ3n) is 3.81. The van der Waals surface area contributed by atoms with Gasteiger partial charge in [0.15, 0.2) is 0 Å². The zero-order chi connectivity index (χ0) is 18.7. The minimum absolute atomic E-state index is 0.0433. The van der Waals surface area contributed by atoms with Crippen LogP contribution in [0.3, 0.4) is 0 Å². The van der Waals surface area contributed by atoms with Crippen LogP contribution in [0.1, 0.15) is 11.3 Å². The minimum atomic E-state index is -1.14. The molecular formula is C19H16N2O5. The largest absolute Gasteiger partial charge is 0.481 e. The molecule has 1 heterocycles. The van der Waals surface area contributed by atoms with E-state index in [1.807, 2.05) is 18.2 Å². The number of aromatic amines is 1. The van der Waals surface area contributed by atoms with Crippen molar-refractivity contribution >= 4 is 5.97 Å². The molecule has 7 heteroatoms. The first-order chi connectivity index (χ1) is 12.5. The third kappa shape index (κ3) is 3.56. The summed E-state index contributed by atoms with van der Waals surface area (Å²) < 4.78 is 6.59. The van der Waals surface area contributed by atoms with Crippen molar-refractivity contribution in [2.45, 2.75) is 13.3 Å². The lowest BCUT2D eigenvalue weighted by Gasteiger charge is -2.10. The summed E-state index contributed by atoms with van der Waals surface area (Å²) in [5.41, 5.74) is -0.656. The Labute approximate surface area is 148 Å². The van der Waals surface area contributed by atoms with E-state index in [9.17, 15) is 14.4 Å². The Bertz CT molecular complexity index is 1050. The Morgan fingerprint density at radius 1 is 1.04 bits per heavy atom. The molecule has 0 aliphatic rings. The Balaban J connectivity index is 1.98. The fraction of sp³-hybridized carbons (Fsp3) is 0.105. The summed E-state index contributed by atoms with van der Waals surface area (Å²) in [6.07, 6.45) is -0.462. The van der Waals surface area contributed by atoms with Crippen LogP contribution in [0.4, 0.5) is 0 Å². The van der Waals surface area contributed by atoms with Crippen molar-refractivity contribution < 1.29 is 14.6 Å². The molecule has 0 spiro atoms. The average molecular weight is 352 g/mol. The summed E-state index contributed by atoms with van der Waals surface area (Å²) in [6.45, 7) is 1.50. The zero-order valence-electron chi connectivity index (χ0n) is 13.9. The fourth-order valence-corrected chi connectivity index (χ4v) is 2.56. The molecule has 3 aromatic rings. The zero-order valence-corrected chi connectivity index (χ0v) is 13.9. The smallest absolute Gasteiger partial charge is 0.333 e. The van der Waals surface area contributed by atoms with Gasteiger partial charge in [0, 0.05) is 11.3 Å². The molecule has 0 bridgehead atoms. The van der Waals surface area contributed by atoms with Crippen LogP contribution in [0.5, 0.6) is 11.5 Å². The number of para-hydroxylation sites is 1. The van der Waals surface area contributed by atoms with Crippen LogP contribution < -0.4 is 16.0 Å². The number of hydrogen-bond acceptors (Lipinski definition) is 4. The average Bonchev–Trinajstić information content (AvgIpc) is 2.61. The number of H-pyrrole nitrogens is 1. The van der Waals surface area contributed by atoms with E-state index in [1.165, 1.54) is 6.92 Å². The topological polar surface area (TPSA) is 101 Å². The maximum absolute atomic E-state index is 12.6. The number of rotatable bonds is 5. The summed E-state index contributed by atoms with van der Waals surface area (Å²) in [7, 11) is 0. The summed E-state index contributed by atoms with van der Waals surface area (Å²) in [5.74, 6) is 0.0621. The molecule has 0 fully saturated rings. The maximum atomic E-state index is 12.6. The van der Waals surface area contributed by atoms with E-state index in [2.05, 4.69) is 4.98 Å². The number of aliphatic carboxylic acids is 1. The summed E-state index contributed by atoms with van der Waals surface area (Å²) in [4.78, 5) is 38.3. The first-order valence-electron chi connectivity index (χ1n) is 7.85. The van der Waals surface area contributed by atoms with Gasteiger partial charge in [-0.15, -0.1) is 0 Å². The molecular weight excluding hydrogens is 336 g/mol. The standard InChI is InChI=1S/C19H16N2O5/c1-12-16(11-17(22)23)18(24)21(19(25)20-12)13-7-9-15(10-8-13)26-14-5-3-2-4-6-14/h2-10H,11H2,1H3,(H,20,25)(H,22,23). The van der Waals surface area contributed by atoms with E-state index in [4.69, 9.17) is 9.84 Å². The van der Waals surface area contributed by atoms with Gasteiger partial charge >= 0.3 is 11.7 Å². The maximum Gasteiger partial charge on any atom is 0.333 e. The van der Waals surface area contributed by atoms with E-state index in [1.54, 1.807) is 36.4 Å². The molecule has 0 aliphatic heterocycles. The molecule has 3 rings (SSSR count). The molecule has 1 aromatic heterocycles. The van der Waals surface area contributed by atoms with E-state index >= 15 is 0 Å². The lowest BCUT2D eigenvalue weighted by molar-refractivity contribution is -0.136. The molecule has 26 heavy (non-hydrogen) atoms. The number of nitrogens with one attached hydrogen (secondary N) is 1. The quantitative estimate of drug-likeness (QED) is 0.733. The van der Waals surface area contributed by atoms with Crippen molar-refractivity contribution in [1.82, 2.24) is 9.55 Å². The highest BCUT2D eigenvalue weighted by molar-refractivity contribution is 5.70. The van der Waals surface area contributed by atoms with Crippen LogP contribution >= 0.6 is 0 Å². The number of nitrogens with zero attached hydrogens (tertiary/aromatic N) is 1. The highest BCUT2D eigenvalue weighted by Crippen LogP contribution is 2.21. The number of aryl methyl sites for hydroxylation is 1. The second-order valence-electron chi connectivity index (χ2n) is 5.65. The number of carboxylic acid groups (broad SMARTS) is 1. The summed E-state index contributed by atoms with van der Waals surface area (Å²) >= 11 is 0. The Morgan fingerprint density at radius 2 is 1.65 bits per heavy atom. The molecule has 0 saturated heterocycles. The van der Waals surface area contributed by atoms with Crippen LogP contribution in [-0.2, 0) is 11.2 Å². The van der Waals surface area contributed by atoms with E-state index in [0.717, 1.165) is 4.57 Å². The first kappa shape index (κ1) is 17.2. The van der Waals surface area contributed by atoms with Crippen molar-refractivity contribution in [2.75, 3.05) is 0 Å². The first-order valence-corrected chi connectivity index (χ1v) is 7.85. The lowest BCUT2D eigenvalue weighted by atomic mass is 10.1. The van der Waals surface area contributed by atoms with Gasteiger partial charge < -0.3 is 14.8 Å². The summed E-state index contributed by atoms with van der Waals surface area (Å²) in [5, 5.41) is 8.97. The monoisotopic (exact) mass is 352 g/mol. The Hall–Kier alpha value is -3.61. The van der Waals surface area contributed by atoms with Gasteiger partial charge in [0.05, 0.1) is 12.1 Å². The predicted molar refractivity (Wildman–Crippen MR) is 95.3 cm³/mol. The highest BCUT2D eigenvalue weighted by atomic mass is 16.5. The summed E-state index contributed by atoms with van der Waals surface area (Å²) in [6, 6.07) is 15.6. The van der Waals surface area contributed by atoms with Gasteiger partial charge in [-0.3, -0.25) is 9.59 Å². The number of ether oxygens (including phenoxy) is 1. The predicted octanol–water partition coefficient (Wildman–Crippen LogP) is 2.25. The molecule has 0 saturated carbocycles. The van der Waals surface area contributed by atoms with Gasteiger partial charge in [-0.2, -0.15) is 0 Å².